The number of benzene rings is 1. The van der Waals surface area contributed by atoms with Crippen LogP contribution >= 0.6 is 11.6 Å². The Morgan fingerprint density at radius 2 is 1.95 bits per heavy atom. The van der Waals surface area contributed by atoms with Gasteiger partial charge in [0.05, 0.1) is 13.2 Å². The maximum atomic E-state index is 6.30. The fraction of sp³-hybridized carbons (Fsp3) is 0.625. The van der Waals surface area contributed by atoms with Gasteiger partial charge in [0.25, 0.3) is 0 Å². The minimum atomic E-state index is 0.0672. The monoisotopic (exact) mass is 296 g/mol. The summed E-state index contributed by atoms with van der Waals surface area (Å²) in [6.45, 7) is 8.24. The molecule has 1 aromatic carbocycles. The number of rotatable bonds is 5. The molecular formula is C16H25ClN2O. The molecule has 3 nitrogen and oxygen atoms in total. The molecule has 1 aliphatic heterocycles. The van der Waals surface area contributed by atoms with Crippen molar-refractivity contribution in [3.8, 4) is 0 Å². The zero-order valence-electron chi connectivity index (χ0n) is 12.7. The second-order valence-corrected chi connectivity index (χ2v) is 6.30. The van der Waals surface area contributed by atoms with Crippen molar-refractivity contribution in [2.45, 2.75) is 31.8 Å². The number of hydrogen-bond acceptors (Lipinski definition) is 3. The molecule has 1 heterocycles. The van der Waals surface area contributed by atoms with Crippen LogP contribution in [0.25, 0.3) is 0 Å². The van der Waals surface area contributed by atoms with Gasteiger partial charge < -0.3 is 10.1 Å². The summed E-state index contributed by atoms with van der Waals surface area (Å²) in [5.41, 5.74) is 1.27. The van der Waals surface area contributed by atoms with Gasteiger partial charge in [-0.1, -0.05) is 29.8 Å². The van der Waals surface area contributed by atoms with Gasteiger partial charge in [-0.3, -0.25) is 4.90 Å². The van der Waals surface area contributed by atoms with Crippen molar-refractivity contribution in [1.29, 1.82) is 0 Å². The lowest BCUT2D eigenvalue weighted by Gasteiger charge is -2.46. The van der Waals surface area contributed by atoms with Crippen LogP contribution in [0.4, 0.5) is 0 Å². The van der Waals surface area contributed by atoms with Crippen LogP contribution in [-0.4, -0.2) is 49.8 Å². The molecule has 0 aromatic heterocycles. The zero-order valence-corrected chi connectivity index (χ0v) is 13.4. The maximum absolute atomic E-state index is 6.30. The lowest BCUT2D eigenvalue weighted by molar-refractivity contribution is -0.0223. The highest BCUT2D eigenvalue weighted by Crippen LogP contribution is 2.25. The average Bonchev–Trinajstić information content (AvgIpc) is 2.47. The summed E-state index contributed by atoms with van der Waals surface area (Å²) < 4.78 is 5.46. The third kappa shape index (κ3) is 3.53. The van der Waals surface area contributed by atoms with E-state index >= 15 is 0 Å². The molecule has 1 aliphatic rings. The minimum Gasteiger partial charge on any atom is -0.379 e. The highest BCUT2D eigenvalue weighted by atomic mass is 35.5. The van der Waals surface area contributed by atoms with Gasteiger partial charge in [0.15, 0.2) is 0 Å². The summed E-state index contributed by atoms with van der Waals surface area (Å²) in [6.07, 6.45) is 0.931. The first kappa shape index (κ1) is 15.8. The molecule has 0 bridgehead atoms. The summed E-state index contributed by atoms with van der Waals surface area (Å²) in [4.78, 5) is 2.51. The molecule has 20 heavy (non-hydrogen) atoms. The molecule has 2 rings (SSSR count). The summed E-state index contributed by atoms with van der Waals surface area (Å²) >= 11 is 6.30. The quantitative estimate of drug-likeness (QED) is 0.904. The lowest BCUT2D eigenvalue weighted by atomic mass is 9.87. The van der Waals surface area contributed by atoms with Crippen LogP contribution in [0.5, 0.6) is 0 Å². The number of hydrogen-bond donors (Lipinski definition) is 1. The standard InChI is InChI=1S/C16H25ClN2O/c1-16(2,19-8-10-20-11-9-19)15(18-3)12-13-6-4-5-7-14(13)17/h4-7,15,18H,8-12H2,1-3H3. The summed E-state index contributed by atoms with van der Waals surface area (Å²) in [5, 5.41) is 4.33. The molecular weight excluding hydrogens is 272 g/mol. The van der Waals surface area contributed by atoms with E-state index in [9.17, 15) is 0 Å². The van der Waals surface area contributed by atoms with Crippen molar-refractivity contribution >= 4 is 11.6 Å². The van der Waals surface area contributed by atoms with Crippen molar-refractivity contribution in [1.82, 2.24) is 10.2 Å². The Kier molecular flexibility index (Phi) is 5.44. The number of halogens is 1. The van der Waals surface area contributed by atoms with Crippen LogP contribution in [0.3, 0.4) is 0 Å². The van der Waals surface area contributed by atoms with Crippen molar-refractivity contribution in [2.24, 2.45) is 0 Å². The van der Waals surface area contributed by atoms with Gasteiger partial charge in [0, 0.05) is 29.7 Å². The largest absolute Gasteiger partial charge is 0.379 e. The predicted octanol–water partition coefficient (Wildman–Crippen LogP) is 2.58. The Morgan fingerprint density at radius 3 is 2.55 bits per heavy atom. The van der Waals surface area contributed by atoms with Gasteiger partial charge in [0.1, 0.15) is 0 Å². The van der Waals surface area contributed by atoms with Crippen molar-refractivity contribution in [2.75, 3.05) is 33.4 Å². The third-order valence-corrected chi connectivity index (χ3v) is 4.78. The molecule has 1 aromatic rings. The van der Waals surface area contributed by atoms with Gasteiger partial charge in [-0.05, 0) is 38.9 Å². The highest BCUT2D eigenvalue weighted by Gasteiger charge is 2.35. The predicted molar refractivity (Wildman–Crippen MR) is 84.5 cm³/mol. The number of likely N-dealkylation sites (N-methyl/N-ethyl adjacent to an activating group) is 1. The first-order chi connectivity index (χ1) is 9.55. The van der Waals surface area contributed by atoms with Gasteiger partial charge in [-0.25, -0.2) is 0 Å². The molecule has 4 heteroatoms. The fourth-order valence-corrected chi connectivity index (χ4v) is 3.16. The number of morpholine rings is 1. The van der Waals surface area contributed by atoms with Crippen molar-refractivity contribution in [3.63, 3.8) is 0 Å². The minimum absolute atomic E-state index is 0.0672. The number of nitrogens with one attached hydrogen (secondary N) is 1. The van der Waals surface area contributed by atoms with Crippen LogP contribution in [-0.2, 0) is 11.2 Å². The van der Waals surface area contributed by atoms with E-state index in [1.54, 1.807) is 0 Å². The van der Waals surface area contributed by atoms with Crippen LogP contribution in [0, 0.1) is 0 Å². The Hall–Kier alpha value is -0.610. The summed E-state index contributed by atoms with van der Waals surface area (Å²) in [6, 6.07) is 8.46. The maximum Gasteiger partial charge on any atom is 0.0594 e. The van der Waals surface area contributed by atoms with Gasteiger partial charge in [-0.2, -0.15) is 0 Å². The van der Waals surface area contributed by atoms with Crippen LogP contribution in [0.2, 0.25) is 5.02 Å². The normalized spacial score (nSPS) is 19.0. The topological polar surface area (TPSA) is 24.5 Å². The third-order valence-electron chi connectivity index (χ3n) is 4.41. The Morgan fingerprint density at radius 1 is 1.30 bits per heavy atom. The summed E-state index contributed by atoms with van der Waals surface area (Å²) in [5.74, 6) is 0. The molecule has 1 saturated heterocycles. The first-order valence-electron chi connectivity index (χ1n) is 7.29. The number of ether oxygens (including phenoxy) is 1. The van der Waals surface area contributed by atoms with E-state index in [2.05, 4.69) is 36.2 Å². The van der Waals surface area contributed by atoms with Crippen LogP contribution in [0.15, 0.2) is 24.3 Å². The van der Waals surface area contributed by atoms with Crippen LogP contribution < -0.4 is 5.32 Å². The van der Waals surface area contributed by atoms with E-state index in [0.717, 1.165) is 37.7 Å². The van der Waals surface area contributed by atoms with Gasteiger partial charge in [-0.15, -0.1) is 0 Å². The van der Waals surface area contributed by atoms with E-state index in [1.807, 2.05) is 19.2 Å². The summed E-state index contributed by atoms with van der Waals surface area (Å²) in [7, 11) is 2.03. The van der Waals surface area contributed by atoms with Crippen LogP contribution in [0.1, 0.15) is 19.4 Å². The molecule has 1 atom stereocenters. The molecule has 112 valence electrons. The Labute approximate surface area is 127 Å². The molecule has 1 unspecified atom stereocenters. The molecule has 1 fully saturated rings. The van der Waals surface area contributed by atoms with Crippen molar-refractivity contribution in [3.05, 3.63) is 34.9 Å². The van der Waals surface area contributed by atoms with Crippen molar-refractivity contribution < 1.29 is 4.74 Å². The number of nitrogens with zero attached hydrogens (tertiary/aromatic N) is 1. The van der Waals surface area contributed by atoms with Gasteiger partial charge in [0.2, 0.25) is 0 Å². The molecule has 1 N–H and O–H groups in total. The Balaban J connectivity index is 2.12. The first-order valence-corrected chi connectivity index (χ1v) is 7.67. The Bertz CT molecular complexity index is 430. The smallest absolute Gasteiger partial charge is 0.0594 e. The van der Waals surface area contributed by atoms with Gasteiger partial charge >= 0.3 is 0 Å². The molecule has 0 radical (unpaired) electrons. The van der Waals surface area contributed by atoms with E-state index in [4.69, 9.17) is 16.3 Å². The second kappa shape index (κ2) is 6.90. The zero-order chi connectivity index (χ0) is 14.6. The fourth-order valence-electron chi connectivity index (χ4n) is 2.95. The average molecular weight is 297 g/mol. The highest BCUT2D eigenvalue weighted by molar-refractivity contribution is 6.31. The SMILES string of the molecule is CNC(Cc1ccccc1Cl)C(C)(C)N1CCOCC1. The molecule has 0 aliphatic carbocycles. The van der Waals surface area contributed by atoms with E-state index in [-0.39, 0.29) is 5.54 Å². The molecule has 0 saturated carbocycles. The van der Waals surface area contributed by atoms with E-state index in [1.165, 1.54) is 5.56 Å². The van der Waals surface area contributed by atoms with E-state index < -0.39 is 0 Å². The van der Waals surface area contributed by atoms with E-state index in [0.29, 0.717) is 6.04 Å². The lowest BCUT2D eigenvalue weighted by Crippen LogP contribution is -2.60. The second-order valence-electron chi connectivity index (χ2n) is 5.89. The molecule has 0 spiro atoms. The molecule has 0 amide bonds.